The van der Waals surface area contributed by atoms with Crippen molar-refractivity contribution >= 4 is 35.6 Å². The van der Waals surface area contributed by atoms with Crippen LogP contribution >= 0.6 is 0 Å². The van der Waals surface area contributed by atoms with Crippen LogP contribution in [0.5, 0.6) is 0 Å². The van der Waals surface area contributed by atoms with Crippen LogP contribution in [0, 0.1) is 39.4 Å². The third-order valence-corrected chi connectivity index (χ3v) is 13.8. The molecule has 2 bridgehead atoms. The summed E-state index contributed by atoms with van der Waals surface area (Å²) >= 11 is 0. The Bertz CT molecular complexity index is 1740. The molecular weight excluding hydrogens is 696 g/mol. The Hall–Kier alpha value is -3.82. The van der Waals surface area contributed by atoms with Gasteiger partial charge in [0, 0.05) is 50.4 Å². The number of carbonyl (C=O) groups excluding carboxylic acids is 6. The van der Waals surface area contributed by atoms with Crippen LogP contribution in [0.4, 0.5) is 0 Å². The van der Waals surface area contributed by atoms with E-state index in [1.807, 2.05) is 6.92 Å². The molecule has 0 radical (unpaired) electrons. The van der Waals surface area contributed by atoms with E-state index in [0.717, 1.165) is 26.3 Å². The van der Waals surface area contributed by atoms with Crippen LogP contribution in [-0.2, 0) is 61.9 Å². The number of aliphatic hydroxyl groups is 1. The van der Waals surface area contributed by atoms with E-state index in [9.17, 15) is 29.1 Å². The summed E-state index contributed by atoms with van der Waals surface area (Å²) in [6.07, 6.45) is -5.68. The van der Waals surface area contributed by atoms with Gasteiger partial charge in [-0.3, -0.25) is 28.8 Å². The topological polar surface area (TPSA) is 204 Å². The smallest absolute Gasteiger partial charge is 0.310 e. The Morgan fingerprint density at radius 1 is 0.849 bits per heavy atom. The van der Waals surface area contributed by atoms with E-state index in [1.165, 1.54) is 13.2 Å². The summed E-state index contributed by atoms with van der Waals surface area (Å²) in [7, 11) is 0. The van der Waals surface area contributed by atoms with E-state index in [0.29, 0.717) is 6.42 Å². The summed E-state index contributed by atoms with van der Waals surface area (Å²) in [5, 5.41) is 12.7. The fraction of sp³-hybridized carbons (Fsp3) is 0.737. The highest BCUT2D eigenvalue weighted by Crippen LogP contribution is 2.83. The van der Waals surface area contributed by atoms with Gasteiger partial charge in [-0.15, -0.1) is 0 Å². The van der Waals surface area contributed by atoms with Crippen molar-refractivity contribution in [3.05, 3.63) is 24.2 Å². The zero-order valence-corrected chi connectivity index (χ0v) is 31.4. The van der Waals surface area contributed by atoms with Crippen LogP contribution in [0.3, 0.4) is 0 Å². The molecule has 53 heavy (non-hydrogen) atoms. The molecule has 290 valence electrons. The monoisotopic (exact) mass is 744 g/mol. The number of hydrogen-bond acceptors (Lipinski definition) is 15. The number of ether oxygens (including phenoxy) is 7. The highest BCUT2D eigenvalue weighted by Gasteiger charge is 2.93. The van der Waals surface area contributed by atoms with Gasteiger partial charge in [0.05, 0.1) is 48.1 Å². The van der Waals surface area contributed by atoms with Crippen molar-refractivity contribution in [3.63, 3.8) is 0 Å². The summed E-state index contributed by atoms with van der Waals surface area (Å²) < 4.78 is 48.7. The van der Waals surface area contributed by atoms with Crippen LogP contribution in [0.1, 0.15) is 86.6 Å². The Labute approximate surface area is 306 Å². The molecule has 1 aromatic rings. The summed E-state index contributed by atoms with van der Waals surface area (Å²) in [5.74, 6) is -7.59. The molecule has 6 fully saturated rings. The molecule has 0 amide bonds. The Morgan fingerprint density at radius 3 is 2.04 bits per heavy atom. The number of fused-ring (bicyclic) bond motifs is 1. The quantitative estimate of drug-likeness (QED) is 0.242. The lowest BCUT2D eigenvalue weighted by Crippen LogP contribution is -2.85. The average molecular weight is 745 g/mol. The second-order valence-corrected chi connectivity index (χ2v) is 16.7. The molecule has 1 unspecified atom stereocenters. The fourth-order valence-electron chi connectivity index (χ4n) is 12.1. The maximum Gasteiger partial charge on any atom is 0.310 e. The second-order valence-electron chi connectivity index (χ2n) is 16.7. The molecule has 1 N–H and O–H groups in total. The van der Waals surface area contributed by atoms with E-state index < -0.39 is 124 Å². The molecule has 15 atom stereocenters. The molecular formula is C38H48O15. The summed E-state index contributed by atoms with van der Waals surface area (Å²) in [6.45, 7) is 12.8. The van der Waals surface area contributed by atoms with Gasteiger partial charge < -0.3 is 42.7 Å². The van der Waals surface area contributed by atoms with Crippen LogP contribution in [0.15, 0.2) is 23.0 Å². The van der Waals surface area contributed by atoms with Gasteiger partial charge >= 0.3 is 29.8 Å². The first kappa shape index (κ1) is 37.5. The van der Waals surface area contributed by atoms with Gasteiger partial charge in [0.15, 0.2) is 30.2 Å². The third-order valence-electron chi connectivity index (χ3n) is 13.8. The number of ketones is 1. The van der Waals surface area contributed by atoms with Crippen molar-refractivity contribution in [2.45, 2.75) is 130 Å². The van der Waals surface area contributed by atoms with Crippen molar-refractivity contribution in [3.8, 4) is 0 Å². The van der Waals surface area contributed by atoms with E-state index in [1.54, 1.807) is 40.0 Å². The number of esters is 5. The third kappa shape index (κ3) is 4.68. The number of Topliss-reactive ketones (excluding diaryl/α,β-unsaturated/α-hetero) is 1. The normalized spacial score (nSPS) is 46.1. The molecule has 1 spiro atoms. The summed E-state index contributed by atoms with van der Waals surface area (Å²) in [6, 6.07) is 1.79. The molecule has 7 rings (SSSR count). The Kier molecular flexibility index (Phi) is 8.55. The minimum Gasteiger partial charge on any atom is -0.472 e. The van der Waals surface area contributed by atoms with E-state index >= 15 is 4.79 Å². The number of hydrogen-bond donors (Lipinski definition) is 1. The van der Waals surface area contributed by atoms with Gasteiger partial charge in [0.2, 0.25) is 6.29 Å². The molecule has 4 saturated carbocycles. The van der Waals surface area contributed by atoms with E-state index in [4.69, 9.17) is 37.6 Å². The number of furan rings is 1. The minimum atomic E-state index is -1.65. The van der Waals surface area contributed by atoms with Crippen LogP contribution in [-0.4, -0.2) is 95.9 Å². The molecule has 6 aliphatic rings. The summed E-state index contributed by atoms with van der Waals surface area (Å²) in [5.41, 5.74) is -6.41. The van der Waals surface area contributed by atoms with Crippen molar-refractivity contribution in [1.82, 2.24) is 0 Å². The predicted octanol–water partition coefficient (Wildman–Crippen LogP) is 2.79. The van der Waals surface area contributed by atoms with Gasteiger partial charge in [-0.2, -0.15) is 0 Å². The number of aliphatic hydroxyl groups excluding tert-OH is 1. The zero-order chi connectivity index (χ0) is 38.8. The molecule has 2 saturated heterocycles. The largest absolute Gasteiger partial charge is 0.472 e. The van der Waals surface area contributed by atoms with Crippen molar-refractivity contribution in [1.29, 1.82) is 0 Å². The van der Waals surface area contributed by atoms with Crippen LogP contribution in [0.25, 0.3) is 0 Å². The van der Waals surface area contributed by atoms with Crippen molar-refractivity contribution < 1.29 is 71.4 Å². The maximum absolute atomic E-state index is 15.8. The highest BCUT2D eigenvalue weighted by molar-refractivity contribution is 5.93. The molecule has 0 aromatic carbocycles. The van der Waals surface area contributed by atoms with Gasteiger partial charge in [-0.05, 0) is 37.3 Å². The van der Waals surface area contributed by atoms with Gasteiger partial charge in [0.25, 0.3) is 0 Å². The lowest BCUT2D eigenvalue weighted by molar-refractivity contribution is -0.391. The molecule has 1 aromatic heterocycles. The summed E-state index contributed by atoms with van der Waals surface area (Å²) in [4.78, 5) is 80.8. The molecule has 3 heterocycles. The van der Waals surface area contributed by atoms with E-state index in [2.05, 4.69) is 0 Å². The van der Waals surface area contributed by atoms with Crippen molar-refractivity contribution in [2.75, 3.05) is 6.61 Å². The van der Waals surface area contributed by atoms with Gasteiger partial charge in [0.1, 0.15) is 5.60 Å². The molecule has 4 aliphatic carbocycles. The first-order chi connectivity index (χ1) is 24.7. The standard InChI is InChI=1S/C38H48O15/c1-16(2)32(45)52-33-34(7)23-13-24(43)36(9)28(37(23,15-47-33)31(51-20(6)42)27(48-17(3)39)30(34)50-19(5)41)26(44)29(49-18(4)40)35(8)22(21-10-11-46-14-21)12-25-38(35,36)53-25/h10-11,14,16,22-25,27-31,33,43H,12-13,15H2,1-9H3/t22-,23-,24+,25+,27-,28-,29-,30+,31-,33?,34+,35+,36+,37-,38+/m0/s1. The SMILES string of the molecule is CC(=O)O[C@H]1[C@@H](OC(C)=O)[C@]2(C)C(OC(=O)C(C)C)OC[C@]3([C@H]4C(=O)[C@H](OC(C)=O)[C@@]5(C)[C@H](c6ccoc6)C[C@H]6O[C@]65[C@]4(C)[C@H](O)C[C@@H]23)[C@H]1OC(C)=O. The first-order valence-electron chi connectivity index (χ1n) is 18.2. The Morgan fingerprint density at radius 2 is 1.47 bits per heavy atom. The van der Waals surface area contributed by atoms with Crippen molar-refractivity contribution in [2.24, 2.45) is 39.4 Å². The molecule has 15 nitrogen and oxygen atoms in total. The number of carbonyl (C=O) groups is 6. The fourth-order valence-corrected chi connectivity index (χ4v) is 12.1. The van der Waals surface area contributed by atoms with E-state index in [-0.39, 0.29) is 18.9 Å². The average Bonchev–Trinajstić information content (AvgIpc) is 3.41. The van der Waals surface area contributed by atoms with Crippen LogP contribution < -0.4 is 0 Å². The van der Waals surface area contributed by atoms with Gasteiger partial charge in [-0.1, -0.05) is 27.7 Å². The van der Waals surface area contributed by atoms with Crippen LogP contribution in [0.2, 0.25) is 0 Å². The first-order valence-corrected chi connectivity index (χ1v) is 18.2. The maximum atomic E-state index is 15.8. The Balaban J connectivity index is 1.51. The number of epoxide rings is 1. The highest BCUT2D eigenvalue weighted by atomic mass is 16.7. The number of rotatable bonds is 7. The predicted molar refractivity (Wildman–Crippen MR) is 176 cm³/mol. The van der Waals surface area contributed by atoms with Gasteiger partial charge in [-0.25, -0.2) is 0 Å². The lowest BCUT2D eigenvalue weighted by atomic mass is 9.33. The molecule has 2 aliphatic heterocycles. The minimum absolute atomic E-state index is 0.0826. The second kappa shape index (κ2) is 12.1. The lowest BCUT2D eigenvalue weighted by Gasteiger charge is -2.73. The molecule has 15 heteroatoms. The zero-order valence-electron chi connectivity index (χ0n) is 31.4.